The van der Waals surface area contributed by atoms with Gasteiger partial charge in [-0.15, -0.1) is 21.5 Å². The minimum Gasteiger partial charge on any atom is -0.345 e. The molecule has 0 aromatic carbocycles. The van der Waals surface area contributed by atoms with E-state index in [0.29, 0.717) is 0 Å². The van der Waals surface area contributed by atoms with Crippen molar-refractivity contribution in [3.8, 4) is 0 Å². The van der Waals surface area contributed by atoms with Crippen LogP contribution in [0.4, 0.5) is 5.13 Å². The summed E-state index contributed by atoms with van der Waals surface area (Å²) in [5, 5.41) is 15.8. The van der Waals surface area contributed by atoms with Crippen molar-refractivity contribution >= 4 is 27.8 Å². The fraction of sp³-hybridized carbons (Fsp3) is 0.308. The number of thiophene rings is 1. The lowest BCUT2D eigenvalue weighted by Gasteiger charge is -2.16. The number of anilines is 1. The van der Waals surface area contributed by atoms with E-state index >= 15 is 0 Å². The number of hydrogen-bond acceptors (Lipinski definition) is 6. The van der Waals surface area contributed by atoms with Gasteiger partial charge in [0, 0.05) is 24.3 Å². The van der Waals surface area contributed by atoms with Gasteiger partial charge in [0.05, 0.1) is 0 Å². The highest BCUT2D eigenvalue weighted by molar-refractivity contribution is 7.15. The van der Waals surface area contributed by atoms with Gasteiger partial charge in [-0.1, -0.05) is 24.3 Å². The lowest BCUT2D eigenvalue weighted by molar-refractivity contribution is 0.754. The van der Waals surface area contributed by atoms with Crippen LogP contribution in [0, 0.1) is 0 Å². The minimum absolute atomic E-state index is 0.00709. The van der Waals surface area contributed by atoms with Crippen molar-refractivity contribution in [1.82, 2.24) is 19.7 Å². The fourth-order valence-corrected chi connectivity index (χ4v) is 3.43. The number of nitrogens with zero attached hydrogens (tertiary/aromatic N) is 4. The Kier molecular flexibility index (Phi) is 3.79. The van der Waals surface area contributed by atoms with E-state index in [1.165, 1.54) is 4.88 Å². The summed E-state index contributed by atoms with van der Waals surface area (Å²) in [4.78, 5) is 5.67. The summed E-state index contributed by atoms with van der Waals surface area (Å²) in [5.41, 5.74) is 0. The molecule has 1 atom stereocenters. The summed E-state index contributed by atoms with van der Waals surface area (Å²) in [7, 11) is 2.00. The van der Waals surface area contributed by atoms with Crippen LogP contribution in [0.3, 0.4) is 0 Å². The van der Waals surface area contributed by atoms with Gasteiger partial charge in [0.2, 0.25) is 5.13 Å². The molecular weight excluding hydrogens is 290 g/mol. The van der Waals surface area contributed by atoms with E-state index in [0.717, 1.165) is 22.4 Å². The molecule has 3 heterocycles. The third-order valence-electron chi connectivity index (χ3n) is 2.98. The van der Waals surface area contributed by atoms with Crippen LogP contribution >= 0.6 is 22.7 Å². The largest absolute Gasteiger partial charge is 0.345 e. The van der Waals surface area contributed by atoms with Gasteiger partial charge in [0.25, 0.3) is 0 Å². The van der Waals surface area contributed by atoms with Crippen molar-refractivity contribution in [2.45, 2.75) is 19.4 Å². The molecule has 0 amide bonds. The van der Waals surface area contributed by atoms with Crippen molar-refractivity contribution in [3.63, 3.8) is 0 Å². The molecule has 104 valence electrons. The SMILES string of the molecule is CCc1nnc(NC(c2cccs2)c2nccn2C)s1. The molecule has 0 saturated heterocycles. The minimum atomic E-state index is 0.00709. The van der Waals surface area contributed by atoms with E-state index in [2.05, 4.69) is 44.9 Å². The number of hydrogen-bond donors (Lipinski definition) is 1. The van der Waals surface area contributed by atoms with Gasteiger partial charge in [0.1, 0.15) is 16.9 Å². The highest BCUT2D eigenvalue weighted by atomic mass is 32.1. The summed E-state index contributed by atoms with van der Waals surface area (Å²) in [6, 6.07) is 4.17. The molecule has 3 rings (SSSR count). The molecule has 0 aliphatic heterocycles. The van der Waals surface area contributed by atoms with E-state index in [1.54, 1.807) is 22.7 Å². The molecule has 5 nitrogen and oxygen atoms in total. The first kappa shape index (κ1) is 13.3. The summed E-state index contributed by atoms with van der Waals surface area (Å²) in [5.74, 6) is 0.973. The predicted octanol–water partition coefficient (Wildman–Crippen LogP) is 3.10. The summed E-state index contributed by atoms with van der Waals surface area (Å²) >= 11 is 3.31. The van der Waals surface area contributed by atoms with Crippen molar-refractivity contribution in [2.75, 3.05) is 5.32 Å². The first-order valence-electron chi connectivity index (χ1n) is 6.37. The van der Waals surface area contributed by atoms with E-state index in [-0.39, 0.29) is 6.04 Å². The monoisotopic (exact) mass is 305 g/mol. The summed E-state index contributed by atoms with van der Waals surface area (Å²) in [6.45, 7) is 2.08. The molecule has 0 aliphatic rings. The topological polar surface area (TPSA) is 55.6 Å². The van der Waals surface area contributed by atoms with Gasteiger partial charge < -0.3 is 9.88 Å². The molecule has 0 spiro atoms. The predicted molar refractivity (Wildman–Crippen MR) is 82.3 cm³/mol. The Morgan fingerprint density at radius 1 is 1.40 bits per heavy atom. The lowest BCUT2D eigenvalue weighted by atomic mass is 10.2. The molecule has 7 heteroatoms. The quantitative estimate of drug-likeness (QED) is 0.787. The highest BCUT2D eigenvalue weighted by Gasteiger charge is 2.20. The van der Waals surface area contributed by atoms with Crippen molar-refractivity contribution < 1.29 is 0 Å². The lowest BCUT2D eigenvalue weighted by Crippen LogP contribution is -2.15. The van der Waals surface area contributed by atoms with Crippen molar-refractivity contribution in [3.05, 3.63) is 45.6 Å². The Morgan fingerprint density at radius 3 is 2.90 bits per heavy atom. The second kappa shape index (κ2) is 5.72. The van der Waals surface area contributed by atoms with Crippen LogP contribution in [0.1, 0.15) is 28.7 Å². The third-order valence-corrected chi connectivity index (χ3v) is 4.92. The molecule has 0 bridgehead atoms. The van der Waals surface area contributed by atoms with Gasteiger partial charge >= 0.3 is 0 Å². The van der Waals surface area contributed by atoms with Gasteiger partial charge in [-0.05, 0) is 17.9 Å². The zero-order chi connectivity index (χ0) is 13.9. The first-order valence-corrected chi connectivity index (χ1v) is 8.07. The molecule has 1 unspecified atom stereocenters. The van der Waals surface area contributed by atoms with Crippen LogP contribution in [0.5, 0.6) is 0 Å². The van der Waals surface area contributed by atoms with Crippen LogP contribution in [-0.4, -0.2) is 19.7 Å². The van der Waals surface area contributed by atoms with Crippen LogP contribution in [0.25, 0.3) is 0 Å². The maximum atomic E-state index is 4.46. The third kappa shape index (κ3) is 2.59. The van der Waals surface area contributed by atoms with E-state index in [4.69, 9.17) is 0 Å². The molecule has 20 heavy (non-hydrogen) atoms. The Bertz CT molecular complexity index is 671. The molecule has 3 aromatic heterocycles. The van der Waals surface area contributed by atoms with Crippen LogP contribution in [0.15, 0.2) is 29.9 Å². The molecular formula is C13H15N5S2. The Morgan fingerprint density at radius 2 is 2.30 bits per heavy atom. The molecule has 0 aliphatic carbocycles. The van der Waals surface area contributed by atoms with Crippen molar-refractivity contribution in [1.29, 1.82) is 0 Å². The number of imidazole rings is 1. The molecule has 0 radical (unpaired) electrons. The van der Waals surface area contributed by atoms with Gasteiger partial charge in [-0.3, -0.25) is 0 Å². The average Bonchev–Trinajstić information content (AvgIpc) is 3.18. The first-order chi connectivity index (χ1) is 9.78. The van der Waals surface area contributed by atoms with Crippen LogP contribution in [0.2, 0.25) is 0 Å². The smallest absolute Gasteiger partial charge is 0.206 e. The van der Waals surface area contributed by atoms with E-state index in [9.17, 15) is 0 Å². The Balaban J connectivity index is 1.92. The van der Waals surface area contributed by atoms with Crippen molar-refractivity contribution in [2.24, 2.45) is 7.05 Å². The van der Waals surface area contributed by atoms with Gasteiger partial charge in [-0.2, -0.15) is 0 Å². The van der Waals surface area contributed by atoms with E-state index in [1.807, 2.05) is 24.0 Å². The highest BCUT2D eigenvalue weighted by Crippen LogP contribution is 2.29. The standard InChI is InChI=1S/C13H15N5S2/c1-3-10-16-17-13(20-10)15-11(9-5-4-8-19-9)12-14-6-7-18(12)2/h4-8,11H,3H2,1-2H3,(H,15,17). The number of rotatable bonds is 5. The normalized spacial score (nSPS) is 12.5. The van der Waals surface area contributed by atoms with Crippen LogP contribution in [-0.2, 0) is 13.5 Å². The second-order valence-electron chi connectivity index (χ2n) is 4.34. The number of nitrogens with one attached hydrogen (secondary N) is 1. The summed E-state index contributed by atoms with van der Waals surface area (Å²) in [6.07, 6.45) is 4.68. The van der Waals surface area contributed by atoms with E-state index < -0.39 is 0 Å². The molecule has 0 saturated carbocycles. The number of aryl methyl sites for hydroxylation is 2. The zero-order valence-corrected chi connectivity index (χ0v) is 12.9. The van der Waals surface area contributed by atoms with Gasteiger partial charge in [-0.25, -0.2) is 4.98 Å². The average molecular weight is 305 g/mol. The Labute approximate surface area is 125 Å². The van der Waals surface area contributed by atoms with Gasteiger partial charge in [0.15, 0.2) is 0 Å². The maximum Gasteiger partial charge on any atom is 0.206 e. The molecule has 0 fully saturated rings. The molecule has 1 N–H and O–H groups in total. The molecule has 3 aromatic rings. The zero-order valence-electron chi connectivity index (χ0n) is 11.3. The number of aromatic nitrogens is 4. The fourth-order valence-electron chi connectivity index (χ4n) is 1.95. The second-order valence-corrected chi connectivity index (χ2v) is 6.38. The maximum absolute atomic E-state index is 4.46. The van der Waals surface area contributed by atoms with Crippen LogP contribution < -0.4 is 5.32 Å². The Hall–Kier alpha value is -1.73. The summed E-state index contributed by atoms with van der Waals surface area (Å²) < 4.78 is 2.03.